The predicted octanol–water partition coefficient (Wildman–Crippen LogP) is 0.400. The van der Waals surface area contributed by atoms with Gasteiger partial charge in [0, 0.05) is 13.1 Å². The van der Waals surface area contributed by atoms with E-state index in [9.17, 15) is 12.8 Å². The predicted molar refractivity (Wildman–Crippen MR) is 48.0 cm³/mol. The Hall–Kier alpha value is -0.460. The Morgan fingerprint density at radius 2 is 2.38 bits per heavy atom. The van der Waals surface area contributed by atoms with Gasteiger partial charge < -0.3 is 0 Å². The number of hydrogen-bond acceptors (Lipinski definition) is 2. The van der Waals surface area contributed by atoms with Crippen LogP contribution in [0.5, 0.6) is 0 Å². The maximum Gasteiger partial charge on any atom is 0.279 e. The van der Waals surface area contributed by atoms with E-state index in [2.05, 4.69) is 4.72 Å². The number of nitrogens with zero attached hydrogens (tertiary/aromatic N) is 1. The molecule has 0 aromatic rings. The first-order valence-electron chi connectivity index (χ1n) is 4.15. The van der Waals surface area contributed by atoms with E-state index in [0.717, 1.165) is 4.31 Å². The van der Waals surface area contributed by atoms with Gasteiger partial charge in [-0.1, -0.05) is 13.0 Å². The van der Waals surface area contributed by atoms with Crippen LogP contribution in [0, 0.1) is 0 Å². The lowest BCUT2D eigenvalue weighted by Gasteiger charge is -2.23. The lowest BCUT2D eigenvalue weighted by Crippen LogP contribution is -2.43. The van der Waals surface area contributed by atoms with Crippen LogP contribution in [0.25, 0.3) is 0 Å². The van der Waals surface area contributed by atoms with Crippen LogP contribution < -0.4 is 4.72 Å². The molecule has 1 rings (SSSR count). The monoisotopic (exact) mass is 208 g/mol. The quantitative estimate of drug-likeness (QED) is 0.730. The van der Waals surface area contributed by atoms with Crippen LogP contribution in [0.4, 0.5) is 4.39 Å². The van der Waals surface area contributed by atoms with Crippen LogP contribution in [0.2, 0.25) is 0 Å². The summed E-state index contributed by atoms with van der Waals surface area (Å²) in [4.78, 5) is 0. The Kier molecular flexibility index (Phi) is 3.40. The second-order valence-electron chi connectivity index (χ2n) is 2.78. The summed E-state index contributed by atoms with van der Waals surface area (Å²) in [5.74, 6) is -0.382. The van der Waals surface area contributed by atoms with Crippen molar-refractivity contribution in [2.45, 2.75) is 13.3 Å². The second kappa shape index (κ2) is 4.17. The average Bonchev–Trinajstić information content (AvgIpc) is 2.04. The van der Waals surface area contributed by atoms with Crippen LogP contribution in [0.3, 0.4) is 0 Å². The fourth-order valence-corrected chi connectivity index (χ4v) is 2.34. The molecule has 1 aliphatic heterocycles. The summed E-state index contributed by atoms with van der Waals surface area (Å²) in [5, 5.41) is 0. The molecule has 1 heterocycles. The Morgan fingerprint density at radius 1 is 1.69 bits per heavy atom. The van der Waals surface area contributed by atoms with Crippen LogP contribution in [-0.2, 0) is 10.2 Å². The van der Waals surface area contributed by atoms with E-state index in [1.165, 1.54) is 6.08 Å². The standard InChI is InChI=1S/C7H13FN2O2S/c1-2-9-13(11,12)10-5-3-4-7(8)6-10/h4,9H,2-3,5-6H2,1H3. The molecule has 0 unspecified atom stereocenters. The maximum atomic E-state index is 12.7. The molecule has 0 radical (unpaired) electrons. The number of hydrogen-bond donors (Lipinski definition) is 1. The molecular weight excluding hydrogens is 195 g/mol. The minimum Gasteiger partial charge on any atom is -0.211 e. The molecule has 4 nitrogen and oxygen atoms in total. The Morgan fingerprint density at radius 3 is 2.92 bits per heavy atom. The van der Waals surface area contributed by atoms with Gasteiger partial charge in [0.2, 0.25) is 0 Å². The summed E-state index contributed by atoms with van der Waals surface area (Å²) in [6.45, 7) is 2.22. The minimum absolute atomic E-state index is 0.144. The van der Waals surface area contributed by atoms with Gasteiger partial charge in [-0.15, -0.1) is 0 Å². The van der Waals surface area contributed by atoms with Crippen molar-refractivity contribution in [3.05, 3.63) is 11.9 Å². The van der Waals surface area contributed by atoms with Gasteiger partial charge in [-0.25, -0.2) is 9.11 Å². The Labute approximate surface area is 77.6 Å². The smallest absolute Gasteiger partial charge is 0.211 e. The van der Waals surface area contributed by atoms with Crippen LogP contribution in [0.1, 0.15) is 13.3 Å². The summed E-state index contributed by atoms with van der Waals surface area (Å²) >= 11 is 0. The molecule has 0 atom stereocenters. The highest BCUT2D eigenvalue weighted by atomic mass is 32.2. The third kappa shape index (κ3) is 2.75. The van der Waals surface area contributed by atoms with Crippen LogP contribution >= 0.6 is 0 Å². The van der Waals surface area contributed by atoms with E-state index in [1.807, 2.05) is 0 Å². The lowest BCUT2D eigenvalue weighted by molar-refractivity contribution is 0.383. The lowest BCUT2D eigenvalue weighted by atomic mass is 10.3. The molecule has 76 valence electrons. The van der Waals surface area contributed by atoms with Gasteiger partial charge >= 0.3 is 0 Å². The number of halogens is 1. The van der Waals surface area contributed by atoms with Gasteiger partial charge in [0.25, 0.3) is 10.2 Å². The zero-order valence-corrected chi connectivity index (χ0v) is 8.27. The molecule has 0 saturated carbocycles. The summed E-state index contributed by atoms with van der Waals surface area (Å²) < 4.78 is 38.9. The molecule has 0 saturated heterocycles. The topological polar surface area (TPSA) is 49.4 Å². The van der Waals surface area contributed by atoms with Crippen molar-refractivity contribution in [1.29, 1.82) is 0 Å². The Balaban J connectivity index is 2.68. The molecule has 6 heteroatoms. The SMILES string of the molecule is CCNS(=O)(=O)N1CCC=C(F)C1. The highest BCUT2D eigenvalue weighted by Gasteiger charge is 2.23. The molecular formula is C7H13FN2O2S. The summed E-state index contributed by atoms with van der Waals surface area (Å²) in [6, 6.07) is 0. The summed E-state index contributed by atoms with van der Waals surface area (Å²) in [7, 11) is -3.46. The van der Waals surface area contributed by atoms with Crippen LogP contribution in [0.15, 0.2) is 11.9 Å². The first-order valence-corrected chi connectivity index (χ1v) is 5.59. The third-order valence-electron chi connectivity index (χ3n) is 1.74. The van der Waals surface area contributed by atoms with Crippen molar-refractivity contribution < 1.29 is 12.8 Å². The number of rotatable bonds is 3. The molecule has 0 aromatic carbocycles. The first-order chi connectivity index (χ1) is 6.06. The van der Waals surface area contributed by atoms with Crippen molar-refractivity contribution in [3.8, 4) is 0 Å². The minimum atomic E-state index is -3.46. The highest BCUT2D eigenvalue weighted by molar-refractivity contribution is 7.87. The van der Waals surface area contributed by atoms with Crippen molar-refractivity contribution in [1.82, 2.24) is 9.03 Å². The molecule has 0 bridgehead atoms. The average molecular weight is 208 g/mol. The van der Waals surface area contributed by atoms with E-state index >= 15 is 0 Å². The summed E-state index contributed by atoms with van der Waals surface area (Å²) in [5.41, 5.74) is 0. The molecule has 1 N–H and O–H groups in total. The molecule has 0 aromatic heterocycles. The largest absolute Gasteiger partial charge is 0.279 e. The van der Waals surface area contributed by atoms with Gasteiger partial charge in [-0.2, -0.15) is 12.7 Å². The van der Waals surface area contributed by atoms with E-state index in [1.54, 1.807) is 6.92 Å². The van der Waals surface area contributed by atoms with E-state index in [-0.39, 0.29) is 12.4 Å². The van der Waals surface area contributed by atoms with Gasteiger partial charge in [0.1, 0.15) is 5.83 Å². The molecule has 13 heavy (non-hydrogen) atoms. The molecule has 0 amide bonds. The normalized spacial score (nSPS) is 20.0. The zero-order chi connectivity index (χ0) is 9.90. The zero-order valence-electron chi connectivity index (χ0n) is 7.46. The van der Waals surface area contributed by atoms with Crippen LogP contribution in [-0.4, -0.2) is 32.4 Å². The van der Waals surface area contributed by atoms with E-state index < -0.39 is 10.2 Å². The highest BCUT2D eigenvalue weighted by Crippen LogP contribution is 2.12. The molecule has 0 fully saturated rings. The van der Waals surface area contributed by atoms with Gasteiger partial charge in [-0.05, 0) is 6.42 Å². The van der Waals surface area contributed by atoms with Crippen molar-refractivity contribution >= 4 is 10.2 Å². The molecule has 0 spiro atoms. The Bertz CT molecular complexity index is 300. The van der Waals surface area contributed by atoms with E-state index in [4.69, 9.17) is 0 Å². The van der Waals surface area contributed by atoms with Gasteiger partial charge in [-0.3, -0.25) is 0 Å². The van der Waals surface area contributed by atoms with Crippen molar-refractivity contribution in [2.24, 2.45) is 0 Å². The third-order valence-corrected chi connectivity index (χ3v) is 3.38. The van der Waals surface area contributed by atoms with Gasteiger partial charge in [0.15, 0.2) is 0 Å². The fourth-order valence-electron chi connectivity index (χ4n) is 1.16. The first kappa shape index (κ1) is 10.6. The fraction of sp³-hybridized carbons (Fsp3) is 0.714. The van der Waals surface area contributed by atoms with Crippen molar-refractivity contribution in [3.63, 3.8) is 0 Å². The summed E-state index contributed by atoms with van der Waals surface area (Å²) in [6.07, 6.45) is 1.86. The van der Waals surface area contributed by atoms with E-state index in [0.29, 0.717) is 19.5 Å². The molecule has 0 aliphatic carbocycles. The second-order valence-corrected chi connectivity index (χ2v) is 4.53. The van der Waals surface area contributed by atoms with Crippen molar-refractivity contribution in [2.75, 3.05) is 19.6 Å². The van der Waals surface area contributed by atoms with Gasteiger partial charge in [0.05, 0.1) is 6.54 Å². The molecule has 1 aliphatic rings. The maximum absolute atomic E-state index is 12.7. The number of nitrogens with one attached hydrogen (secondary N) is 1.